The third kappa shape index (κ3) is 3.00. The van der Waals surface area contributed by atoms with Gasteiger partial charge in [-0.25, -0.2) is 8.78 Å². The second kappa shape index (κ2) is 6.37. The minimum atomic E-state index is -1.68. The maximum Gasteiger partial charge on any atom is 0.257 e. The van der Waals surface area contributed by atoms with Gasteiger partial charge in [0.2, 0.25) is 5.82 Å². The number of benzene rings is 1. The molecule has 1 amide bonds. The molecule has 1 aromatic rings. The maximum atomic E-state index is 13.8. The van der Waals surface area contributed by atoms with Crippen LogP contribution in [0.3, 0.4) is 0 Å². The molecule has 8 heteroatoms. The first kappa shape index (κ1) is 16.1. The molecule has 2 fully saturated rings. The van der Waals surface area contributed by atoms with Gasteiger partial charge in [-0.15, -0.1) is 0 Å². The fourth-order valence-electron chi connectivity index (χ4n) is 3.16. The Kier molecular flexibility index (Phi) is 4.45. The van der Waals surface area contributed by atoms with Crippen molar-refractivity contribution in [2.24, 2.45) is 0 Å². The van der Waals surface area contributed by atoms with Crippen molar-refractivity contribution in [3.05, 3.63) is 29.1 Å². The van der Waals surface area contributed by atoms with Crippen molar-refractivity contribution in [3.63, 3.8) is 0 Å². The summed E-state index contributed by atoms with van der Waals surface area (Å²) in [5.74, 6) is -6.73. The summed E-state index contributed by atoms with van der Waals surface area (Å²) < 4.78 is 40.3. The van der Waals surface area contributed by atoms with Gasteiger partial charge in [0.15, 0.2) is 17.4 Å². The molecule has 126 valence electrons. The van der Waals surface area contributed by atoms with Gasteiger partial charge in [0.1, 0.15) is 0 Å². The number of amides is 1. The van der Waals surface area contributed by atoms with Crippen molar-refractivity contribution >= 4 is 5.91 Å². The number of hydrogen-bond acceptors (Lipinski definition) is 4. The summed E-state index contributed by atoms with van der Waals surface area (Å²) in [6.07, 6.45) is 1.06. The molecule has 3 rings (SSSR count). The molecule has 2 saturated heterocycles. The van der Waals surface area contributed by atoms with E-state index in [1.165, 1.54) is 4.90 Å². The van der Waals surface area contributed by atoms with Crippen molar-refractivity contribution in [2.75, 3.05) is 39.3 Å². The van der Waals surface area contributed by atoms with Crippen molar-refractivity contribution in [3.8, 4) is 5.75 Å². The lowest BCUT2D eigenvalue weighted by Crippen LogP contribution is -2.52. The number of rotatable bonds is 2. The normalized spacial score (nSPS) is 22.6. The number of phenolic OH excluding ortho intramolecular Hbond substituents is 1. The van der Waals surface area contributed by atoms with E-state index in [1.54, 1.807) is 0 Å². The summed E-state index contributed by atoms with van der Waals surface area (Å²) >= 11 is 0. The molecule has 2 aliphatic heterocycles. The minimum Gasteiger partial charge on any atom is -0.503 e. The average molecular weight is 329 g/mol. The van der Waals surface area contributed by atoms with Crippen LogP contribution in [-0.2, 0) is 0 Å². The number of nitrogens with zero attached hydrogens (tertiary/aromatic N) is 2. The van der Waals surface area contributed by atoms with Crippen LogP contribution in [0.5, 0.6) is 5.75 Å². The van der Waals surface area contributed by atoms with Gasteiger partial charge < -0.3 is 15.3 Å². The highest BCUT2D eigenvalue weighted by molar-refractivity contribution is 5.95. The number of piperazine rings is 1. The van der Waals surface area contributed by atoms with Crippen LogP contribution in [0.1, 0.15) is 16.8 Å². The van der Waals surface area contributed by atoms with E-state index in [1.807, 2.05) is 0 Å². The van der Waals surface area contributed by atoms with Crippen LogP contribution in [0.4, 0.5) is 13.2 Å². The molecule has 1 unspecified atom stereocenters. The predicted molar refractivity (Wildman–Crippen MR) is 76.7 cm³/mol. The van der Waals surface area contributed by atoms with E-state index >= 15 is 0 Å². The predicted octanol–water partition coefficient (Wildman–Crippen LogP) is 0.929. The Morgan fingerprint density at radius 3 is 2.48 bits per heavy atom. The molecule has 1 aromatic carbocycles. The Hall–Kier alpha value is -1.80. The quantitative estimate of drug-likeness (QED) is 0.793. The lowest BCUT2D eigenvalue weighted by atomic mass is 10.1. The molecule has 0 radical (unpaired) electrons. The summed E-state index contributed by atoms with van der Waals surface area (Å²) in [5, 5.41) is 12.5. The third-order valence-electron chi connectivity index (χ3n) is 4.52. The van der Waals surface area contributed by atoms with E-state index in [4.69, 9.17) is 0 Å². The number of carbonyl (C=O) groups excluding carboxylic acids is 1. The van der Waals surface area contributed by atoms with Gasteiger partial charge in [0, 0.05) is 38.8 Å². The SMILES string of the molecule is O=C(c1cc(F)c(F)c(O)c1F)N1CCN(C2CCNC2)CC1. The van der Waals surface area contributed by atoms with Gasteiger partial charge in [-0.3, -0.25) is 9.69 Å². The number of hydrogen-bond donors (Lipinski definition) is 2. The first-order valence-electron chi connectivity index (χ1n) is 7.59. The zero-order valence-electron chi connectivity index (χ0n) is 12.5. The van der Waals surface area contributed by atoms with Crippen LogP contribution in [0.25, 0.3) is 0 Å². The van der Waals surface area contributed by atoms with Gasteiger partial charge in [-0.2, -0.15) is 4.39 Å². The maximum absolute atomic E-state index is 13.8. The van der Waals surface area contributed by atoms with Gasteiger partial charge in [0.25, 0.3) is 5.91 Å². The molecule has 0 aromatic heterocycles. The minimum absolute atomic E-state index is 0.383. The molecule has 0 saturated carbocycles. The molecule has 0 bridgehead atoms. The van der Waals surface area contributed by atoms with Crippen LogP contribution < -0.4 is 5.32 Å². The number of aromatic hydroxyl groups is 1. The summed E-state index contributed by atoms with van der Waals surface area (Å²) in [4.78, 5) is 16.0. The van der Waals surface area contributed by atoms with E-state index in [2.05, 4.69) is 10.2 Å². The van der Waals surface area contributed by atoms with E-state index in [9.17, 15) is 23.1 Å². The molecule has 2 heterocycles. The van der Waals surface area contributed by atoms with E-state index in [-0.39, 0.29) is 0 Å². The Morgan fingerprint density at radius 2 is 1.87 bits per heavy atom. The molecule has 0 spiro atoms. The smallest absolute Gasteiger partial charge is 0.257 e. The zero-order valence-corrected chi connectivity index (χ0v) is 12.5. The van der Waals surface area contributed by atoms with Gasteiger partial charge >= 0.3 is 0 Å². The highest BCUT2D eigenvalue weighted by atomic mass is 19.2. The lowest BCUT2D eigenvalue weighted by molar-refractivity contribution is 0.0578. The average Bonchev–Trinajstić information content (AvgIpc) is 3.10. The topological polar surface area (TPSA) is 55.8 Å². The molecule has 2 N–H and O–H groups in total. The van der Waals surface area contributed by atoms with Crippen molar-refractivity contribution in [1.29, 1.82) is 0 Å². The fraction of sp³-hybridized carbons (Fsp3) is 0.533. The Bertz CT molecular complexity index is 612. The number of carbonyl (C=O) groups is 1. The number of nitrogens with one attached hydrogen (secondary N) is 1. The summed E-state index contributed by atoms with van der Waals surface area (Å²) in [6, 6.07) is 0.941. The van der Waals surface area contributed by atoms with Gasteiger partial charge in [0.05, 0.1) is 5.56 Å². The molecule has 2 aliphatic rings. The summed E-state index contributed by atoms with van der Waals surface area (Å²) in [6.45, 7) is 3.95. The van der Waals surface area contributed by atoms with Gasteiger partial charge in [-0.1, -0.05) is 0 Å². The van der Waals surface area contributed by atoms with E-state index < -0.39 is 34.7 Å². The van der Waals surface area contributed by atoms with Crippen LogP contribution >= 0.6 is 0 Å². The lowest BCUT2D eigenvalue weighted by Gasteiger charge is -2.37. The standard InChI is InChI=1S/C15H18F3N3O2/c16-11-7-10(12(17)14(22)13(11)18)15(23)21-5-3-20(4-6-21)9-1-2-19-8-9/h7,9,19,22H,1-6,8H2. The van der Waals surface area contributed by atoms with Gasteiger partial charge in [-0.05, 0) is 19.0 Å². The van der Waals surface area contributed by atoms with Crippen molar-refractivity contribution in [2.45, 2.75) is 12.5 Å². The van der Waals surface area contributed by atoms with Crippen LogP contribution in [-0.4, -0.2) is 66.1 Å². The van der Waals surface area contributed by atoms with E-state index in [0.717, 1.165) is 19.5 Å². The Balaban J connectivity index is 1.70. The zero-order chi connectivity index (χ0) is 16.6. The highest BCUT2D eigenvalue weighted by Crippen LogP contribution is 2.27. The molecular weight excluding hydrogens is 311 g/mol. The molecule has 5 nitrogen and oxygen atoms in total. The summed E-state index contributed by atoms with van der Waals surface area (Å²) in [7, 11) is 0. The Labute approximate surface area is 131 Å². The largest absolute Gasteiger partial charge is 0.503 e. The Morgan fingerprint density at radius 1 is 1.17 bits per heavy atom. The first-order chi connectivity index (χ1) is 11.0. The van der Waals surface area contributed by atoms with E-state index in [0.29, 0.717) is 38.3 Å². The second-order valence-electron chi connectivity index (χ2n) is 5.86. The van der Waals surface area contributed by atoms with Crippen LogP contribution in [0.15, 0.2) is 6.07 Å². The van der Waals surface area contributed by atoms with Crippen LogP contribution in [0.2, 0.25) is 0 Å². The molecule has 1 atom stereocenters. The van der Waals surface area contributed by atoms with Crippen LogP contribution in [0, 0.1) is 17.5 Å². The molecular formula is C15H18F3N3O2. The number of phenols is 1. The third-order valence-corrected chi connectivity index (χ3v) is 4.52. The molecule has 0 aliphatic carbocycles. The molecule has 23 heavy (non-hydrogen) atoms. The monoisotopic (exact) mass is 329 g/mol. The van der Waals surface area contributed by atoms with Crippen molar-refractivity contribution < 1.29 is 23.1 Å². The second-order valence-corrected chi connectivity index (χ2v) is 5.86. The fourth-order valence-corrected chi connectivity index (χ4v) is 3.16. The first-order valence-corrected chi connectivity index (χ1v) is 7.59. The van der Waals surface area contributed by atoms with Crippen molar-refractivity contribution in [1.82, 2.24) is 15.1 Å². The highest BCUT2D eigenvalue weighted by Gasteiger charge is 2.30. The summed E-state index contributed by atoms with van der Waals surface area (Å²) in [5.41, 5.74) is -0.641. The number of halogens is 3.